The average Bonchev–Trinajstić information content (AvgIpc) is 3.92. The molecule has 14 rings (SSSR count). The van der Waals surface area contributed by atoms with Crippen LogP contribution < -0.4 is 4.74 Å². The third-order valence-corrected chi connectivity index (χ3v) is 14.6. The lowest BCUT2D eigenvalue weighted by atomic mass is 9.61. The first-order chi connectivity index (χ1) is 31.7. The minimum atomic E-state index is -0.613. The summed E-state index contributed by atoms with van der Waals surface area (Å²) in [5.74, 6) is 2.49. The molecule has 12 aromatic rings. The van der Waals surface area contributed by atoms with E-state index in [9.17, 15) is 0 Å². The van der Waals surface area contributed by atoms with Gasteiger partial charge >= 0.3 is 0 Å². The van der Waals surface area contributed by atoms with Gasteiger partial charge in [-0.1, -0.05) is 164 Å². The number of hydrogen-bond donors (Lipinski definition) is 0. The quantitative estimate of drug-likeness (QED) is 0.177. The van der Waals surface area contributed by atoms with Gasteiger partial charge in [0, 0.05) is 58.8 Å². The van der Waals surface area contributed by atoms with E-state index in [-0.39, 0.29) is 0 Å². The smallest absolute Gasteiger partial charge is 0.161 e. The summed E-state index contributed by atoms with van der Waals surface area (Å²) >= 11 is 1.82. The van der Waals surface area contributed by atoms with Crippen LogP contribution in [0.15, 0.2) is 212 Å². The molecule has 4 nitrogen and oxygen atoms in total. The summed E-state index contributed by atoms with van der Waals surface area (Å²) in [7, 11) is 0. The van der Waals surface area contributed by atoms with Crippen LogP contribution >= 0.6 is 11.3 Å². The monoisotopic (exact) mass is 833 g/mol. The van der Waals surface area contributed by atoms with Gasteiger partial charge in [0.05, 0.1) is 33.5 Å². The van der Waals surface area contributed by atoms with Crippen LogP contribution in [0.3, 0.4) is 0 Å². The Hall–Kier alpha value is -8.12. The van der Waals surface area contributed by atoms with Gasteiger partial charge in [-0.05, 0) is 70.8 Å². The molecular weight excluding hydrogens is 799 g/mol. The Balaban J connectivity index is 1.01. The van der Waals surface area contributed by atoms with Gasteiger partial charge in [0.25, 0.3) is 0 Å². The first-order valence-electron chi connectivity index (χ1n) is 21.7. The number of ether oxygens (including phenoxy) is 1. The number of hydrogen-bond acceptors (Lipinski definition) is 4. The molecule has 0 bridgehead atoms. The predicted octanol–water partition coefficient (Wildman–Crippen LogP) is 15.4. The van der Waals surface area contributed by atoms with Gasteiger partial charge in [-0.2, -0.15) is 0 Å². The maximum atomic E-state index is 6.71. The van der Waals surface area contributed by atoms with E-state index in [1.54, 1.807) is 0 Å². The van der Waals surface area contributed by atoms with Gasteiger partial charge < -0.3 is 9.30 Å². The number of para-hydroxylation sites is 4. The van der Waals surface area contributed by atoms with Gasteiger partial charge in [-0.25, -0.2) is 9.97 Å². The van der Waals surface area contributed by atoms with Crippen molar-refractivity contribution in [3.63, 3.8) is 0 Å². The number of nitrogens with zero attached hydrogens (tertiary/aromatic N) is 3. The first kappa shape index (κ1) is 35.5. The lowest BCUT2D eigenvalue weighted by Gasteiger charge is -2.45. The SMILES string of the molecule is c1ccc(-c2cc(-c3ccccc3)nc(-c3cccc4sc5ccc(-c6ccc7c(c6)-n6c8ccccc8c8cccc(c86)C76c7ccccc7Oc7ccccc76)cc5c34)n2)cc1. The highest BCUT2D eigenvalue weighted by atomic mass is 32.1. The van der Waals surface area contributed by atoms with E-state index in [1.807, 2.05) is 23.5 Å². The fourth-order valence-corrected chi connectivity index (χ4v) is 11.9. The van der Waals surface area contributed by atoms with E-state index >= 15 is 0 Å². The molecule has 0 N–H and O–H groups in total. The van der Waals surface area contributed by atoms with Crippen LogP contribution in [-0.2, 0) is 5.41 Å². The van der Waals surface area contributed by atoms with Crippen LogP contribution in [-0.4, -0.2) is 14.5 Å². The Labute approximate surface area is 373 Å². The molecule has 0 unspecified atom stereocenters. The van der Waals surface area contributed by atoms with E-state index in [4.69, 9.17) is 14.7 Å². The summed E-state index contributed by atoms with van der Waals surface area (Å²) < 4.78 is 11.7. The van der Waals surface area contributed by atoms with Crippen molar-refractivity contribution < 1.29 is 4.74 Å². The minimum absolute atomic E-state index is 0.613. The van der Waals surface area contributed by atoms with Crippen molar-refractivity contribution in [1.29, 1.82) is 0 Å². The molecule has 64 heavy (non-hydrogen) atoms. The van der Waals surface area contributed by atoms with Crippen molar-refractivity contribution in [3.05, 3.63) is 235 Å². The van der Waals surface area contributed by atoms with Gasteiger partial charge in [0.1, 0.15) is 11.5 Å². The Morgan fingerprint density at radius 3 is 1.78 bits per heavy atom. The second-order valence-electron chi connectivity index (χ2n) is 16.8. The second kappa shape index (κ2) is 13.4. The van der Waals surface area contributed by atoms with Crippen LogP contribution in [0, 0.1) is 0 Å². The third-order valence-electron chi connectivity index (χ3n) is 13.5. The van der Waals surface area contributed by atoms with Crippen molar-refractivity contribution in [3.8, 4) is 62.2 Å². The largest absolute Gasteiger partial charge is 0.457 e. The number of aromatic nitrogens is 3. The molecule has 0 saturated heterocycles. The Morgan fingerprint density at radius 2 is 1.03 bits per heavy atom. The normalized spacial score (nSPS) is 13.2. The highest BCUT2D eigenvalue weighted by Gasteiger charge is 2.50. The molecule has 3 aromatic heterocycles. The summed E-state index contributed by atoms with van der Waals surface area (Å²) in [6, 6.07) is 76.5. The van der Waals surface area contributed by atoms with Crippen LogP contribution in [0.2, 0.25) is 0 Å². The van der Waals surface area contributed by atoms with E-state index in [0.717, 1.165) is 61.8 Å². The molecule has 0 saturated carbocycles. The zero-order valence-corrected chi connectivity index (χ0v) is 35.2. The van der Waals surface area contributed by atoms with Crippen LogP contribution in [0.1, 0.15) is 22.3 Å². The minimum Gasteiger partial charge on any atom is -0.457 e. The maximum Gasteiger partial charge on any atom is 0.161 e. The molecule has 2 aliphatic rings. The molecule has 0 fully saturated rings. The molecule has 1 spiro atoms. The fraction of sp³-hybridized carbons (Fsp3) is 0.0169. The van der Waals surface area contributed by atoms with Crippen molar-refractivity contribution in [2.75, 3.05) is 0 Å². The molecule has 0 radical (unpaired) electrons. The van der Waals surface area contributed by atoms with Crippen LogP contribution in [0.5, 0.6) is 11.5 Å². The third kappa shape index (κ3) is 4.93. The van der Waals surface area contributed by atoms with Crippen molar-refractivity contribution in [2.24, 2.45) is 0 Å². The molecule has 5 heterocycles. The van der Waals surface area contributed by atoms with E-state index in [0.29, 0.717) is 5.82 Å². The number of fused-ring (bicyclic) bond motifs is 14. The lowest BCUT2D eigenvalue weighted by Crippen LogP contribution is -2.37. The van der Waals surface area contributed by atoms with Crippen molar-refractivity contribution in [2.45, 2.75) is 5.41 Å². The van der Waals surface area contributed by atoms with E-state index < -0.39 is 5.41 Å². The number of benzene rings is 9. The molecule has 0 aliphatic carbocycles. The first-order valence-corrected chi connectivity index (χ1v) is 22.5. The van der Waals surface area contributed by atoms with Crippen LogP contribution in [0.25, 0.3) is 92.7 Å². The zero-order chi connectivity index (χ0) is 41.9. The molecule has 5 heteroatoms. The van der Waals surface area contributed by atoms with Crippen molar-refractivity contribution in [1.82, 2.24) is 14.5 Å². The predicted molar refractivity (Wildman–Crippen MR) is 263 cm³/mol. The summed E-state index contributed by atoms with van der Waals surface area (Å²) in [6.07, 6.45) is 0. The van der Waals surface area contributed by atoms with Gasteiger partial charge in [-0.3, -0.25) is 0 Å². The Bertz CT molecular complexity index is 3780. The fourth-order valence-electron chi connectivity index (χ4n) is 10.8. The molecule has 298 valence electrons. The van der Waals surface area contributed by atoms with Gasteiger partial charge in [-0.15, -0.1) is 11.3 Å². The molecule has 9 aromatic carbocycles. The zero-order valence-electron chi connectivity index (χ0n) is 34.4. The topological polar surface area (TPSA) is 39.9 Å². The van der Waals surface area contributed by atoms with Crippen molar-refractivity contribution >= 4 is 53.3 Å². The molecule has 2 aliphatic heterocycles. The maximum absolute atomic E-state index is 6.71. The van der Waals surface area contributed by atoms with E-state index in [2.05, 4.69) is 205 Å². The molecule has 0 amide bonds. The number of thiophene rings is 1. The second-order valence-corrected chi connectivity index (χ2v) is 17.9. The molecular formula is C59H35N3OS. The standard InChI is InChI=1S/C59H35N3OS/c1-3-15-36(16-4-1)48-35-49(37-17-5-2-6-18-37)61-58(60-48)42-21-14-28-55-56(42)43-33-38(30-32-54(43)64-55)39-29-31-44-51(34-39)62-50-25-10-7-19-40(50)41-20-13-24-47(57(41)62)59(44)45-22-8-11-26-52(45)63-53-27-12-9-23-46(53)59/h1-35H. The summed E-state index contributed by atoms with van der Waals surface area (Å²) in [6.45, 7) is 0. The highest BCUT2D eigenvalue weighted by Crippen LogP contribution is 2.60. The van der Waals surface area contributed by atoms with Gasteiger partial charge in [0.2, 0.25) is 0 Å². The van der Waals surface area contributed by atoms with Crippen LogP contribution in [0.4, 0.5) is 0 Å². The average molecular weight is 834 g/mol. The summed E-state index contributed by atoms with van der Waals surface area (Å²) in [5, 5.41) is 4.86. The summed E-state index contributed by atoms with van der Waals surface area (Å²) in [5.41, 5.74) is 15.0. The Kier molecular flexibility index (Phi) is 7.45. The van der Waals surface area contributed by atoms with E-state index in [1.165, 1.54) is 58.8 Å². The number of rotatable bonds is 4. The Morgan fingerprint density at radius 1 is 0.422 bits per heavy atom. The summed E-state index contributed by atoms with van der Waals surface area (Å²) in [4.78, 5) is 10.6. The molecule has 0 atom stereocenters. The van der Waals surface area contributed by atoms with Gasteiger partial charge in [0.15, 0.2) is 5.82 Å². The lowest BCUT2D eigenvalue weighted by molar-refractivity contribution is 0.434. The highest BCUT2D eigenvalue weighted by molar-refractivity contribution is 7.26.